The van der Waals surface area contributed by atoms with Crippen molar-refractivity contribution in [3.63, 3.8) is 0 Å². The number of thiol groups is 1. The van der Waals surface area contributed by atoms with Gasteiger partial charge in [-0.25, -0.2) is 9.78 Å². The molecule has 0 fully saturated rings. The number of nitrogens with two attached hydrogens (primary N) is 2. The zero-order chi connectivity index (χ0) is 46.3. The van der Waals surface area contributed by atoms with Crippen LogP contribution in [0.15, 0.2) is 104 Å². The summed E-state index contributed by atoms with van der Waals surface area (Å²) in [6, 6.07) is 16.5. The highest BCUT2D eigenvalue weighted by molar-refractivity contribution is 7.80. The second-order valence-corrected chi connectivity index (χ2v) is 16.2. The molecule has 3 aromatic carbocycles. The number of aromatic amines is 3. The third-order valence-electron chi connectivity index (χ3n) is 11.1. The van der Waals surface area contributed by atoms with E-state index in [4.69, 9.17) is 11.5 Å². The van der Waals surface area contributed by atoms with Crippen molar-refractivity contribution in [3.8, 4) is 0 Å². The molecule has 342 valence electrons. The topological polar surface area (TPSA) is 295 Å². The van der Waals surface area contributed by atoms with Crippen LogP contribution < -0.4 is 38.1 Å². The number of nitrogens with zero attached hydrogens (tertiary/aromatic N) is 1. The van der Waals surface area contributed by atoms with Gasteiger partial charge in [-0.15, -0.1) is 0 Å². The van der Waals surface area contributed by atoms with Gasteiger partial charge in [-0.05, 0) is 54.6 Å². The van der Waals surface area contributed by atoms with E-state index in [1.807, 2.05) is 48.5 Å². The third-order valence-corrected chi connectivity index (χ3v) is 11.5. The number of hydrogen-bond acceptors (Lipinski definition) is 10. The van der Waals surface area contributed by atoms with E-state index in [0.717, 1.165) is 21.8 Å². The van der Waals surface area contributed by atoms with Gasteiger partial charge in [-0.2, -0.15) is 12.6 Å². The molecule has 6 aromatic rings. The van der Waals surface area contributed by atoms with Gasteiger partial charge in [0.2, 0.25) is 29.5 Å². The molecular formula is C46H55N11O7S. The van der Waals surface area contributed by atoms with Crippen molar-refractivity contribution in [2.45, 2.75) is 81.2 Å². The Bertz CT molecular complexity index is 2550. The lowest BCUT2D eigenvalue weighted by atomic mass is 10.0. The maximum Gasteiger partial charge on any atom is 0.326 e. The van der Waals surface area contributed by atoms with Crippen LogP contribution in [0.2, 0.25) is 0 Å². The number of carbonyl (C=O) groups is 6. The van der Waals surface area contributed by atoms with Crippen molar-refractivity contribution < 1.29 is 33.9 Å². The van der Waals surface area contributed by atoms with E-state index in [1.165, 1.54) is 12.5 Å². The number of H-pyrrole nitrogens is 3. The highest BCUT2D eigenvalue weighted by atomic mass is 32.1. The third kappa shape index (κ3) is 13.1. The summed E-state index contributed by atoms with van der Waals surface area (Å²) in [6.45, 7) is 0.329. The number of nitrogens with one attached hydrogen (secondary N) is 8. The standard InChI is InChI=1S/C46H55N11O7S/c47-17-9-8-16-36(53-45(62)40(25-65)57-41(58)33(48)21-30-24-49-26-52-30)42(59)54-37(18-27-10-2-1-3-11-27)43(60)55-38(19-28-22-50-34-14-6-4-12-31(28)34)44(61)56-39(46(63)64)20-29-23-51-35-15-7-5-13-32(29)35/h1-7,10-15,22-24,26,33,36-40,50-51,65H,8-9,16-21,25,47-48H2,(H,49,52)(H,53,62)(H,54,59)(H,55,60)(H,56,61)(H,57,58)(H,63,64)/t33-,36-,37+,38+,39-,40-/m0/s1. The summed E-state index contributed by atoms with van der Waals surface area (Å²) in [5, 5.41) is 25.6. The molecule has 0 aliphatic rings. The second kappa shape index (κ2) is 23.1. The van der Waals surface area contributed by atoms with Crippen LogP contribution in [0, 0.1) is 0 Å². The molecule has 5 amide bonds. The molecule has 0 unspecified atom stereocenters. The summed E-state index contributed by atoms with van der Waals surface area (Å²) in [7, 11) is 0. The van der Waals surface area contributed by atoms with Gasteiger partial charge >= 0.3 is 5.97 Å². The van der Waals surface area contributed by atoms with E-state index in [2.05, 4.69) is 59.1 Å². The molecule has 0 aliphatic carbocycles. The maximum absolute atomic E-state index is 14.6. The quantitative estimate of drug-likeness (QED) is 0.0307. The first-order chi connectivity index (χ1) is 31.4. The molecule has 6 atom stereocenters. The van der Waals surface area contributed by atoms with E-state index in [-0.39, 0.29) is 37.9 Å². The minimum Gasteiger partial charge on any atom is -0.480 e. The van der Waals surface area contributed by atoms with Crippen molar-refractivity contribution in [2.24, 2.45) is 11.5 Å². The lowest BCUT2D eigenvalue weighted by molar-refractivity contribution is -0.142. The molecule has 13 N–H and O–H groups in total. The summed E-state index contributed by atoms with van der Waals surface area (Å²) >= 11 is 4.28. The van der Waals surface area contributed by atoms with E-state index < -0.39 is 71.8 Å². The molecule has 0 spiro atoms. The van der Waals surface area contributed by atoms with Gasteiger partial charge in [0.25, 0.3) is 0 Å². The molecule has 18 nitrogen and oxygen atoms in total. The average Bonchev–Trinajstić information content (AvgIpc) is 4.08. The number of carbonyl (C=O) groups excluding carboxylic acids is 5. The van der Waals surface area contributed by atoms with Gasteiger partial charge in [0.05, 0.1) is 12.4 Å². The van der Waals surface area contributed by atoms with Crippen LogP contribution >= 0.6 is 12.6 Å². The van der Waals surface area contributed by atoms with Gasteiger partial charge in [0.1, 0.15) is 30.2 Å². The SMILES string of the molecule is NCCCC[C@H](NC(=O)[C@H](CS)NC(=O)[C@@H](N)Cc1cnc[nH]1)C(=O)N[C@H](Cc1ccccc1)C(=O)N[C@H](Cc1c[nH]c2ccccc12)C(=O)N[C@@H](Cc1c[nH]c2ccccc12)C(=O)O. The summed E-state index contributed by atoms with van der Waals surface area (Å²) in [6.07, 6.45) is 7.58. The molecule has 0 saturated heterocycles. The van der Waals surface area contributed by atoms with E-state index in [1.54, 1.807) is 42.7 Å². The van der Waals surface area contributed by atoms with Crippen molar-refractivity contribution >= 4 is 69.9 Å². The van der Waals surface area contributed by atoms with Crippen molar-refractivity contribution in [3.05, 3.63) is 126 Å². The number of para-hydroxylation sites is 2. The smallest absolute Gasteiger partial charge is 0.326 e. The molecule has 0 bridgehead atoms. The Morgan fingerprint density at radius 3 is 1.68 bits per heavy atom. The van der Waals surface area contributed by atoms with Gasteiger partial charge in [0, 0.05) is 77.5 Å². The first-order valence-electron chi connectivity index (χ1n) is 21.4. The molecule has 65 heavy (non-hydrogen) atoms. The predicted molar refractivity (Wildman–Crippen MR) is 248 cm³/mol. The zero-order valence-electron chi connectivity index (χ0n) is 35.6. The number of benzene rings is 3. The molecule has 3 aromatic heterocycles. The Kier molecular flexibility index (Phi) is 16.9. The lowest BCUT2D eigenvalue weighted by Gasteiger charge is -2.27. The first kappa shape index (κ1) is 47.5. The number of aliphatic carboxylic acids is 1. The first-order valence-corrected chi connectivity index (χ1v) is 22.0. The van der Waals surface area contributed by atoms with Crippen molar-refractivity contribution in [1.29, 1.82) is 0 Å². The number of carboxylic acid groups (broad SMARTS) is 1. The summed E-state index contributed by atoms with van der Waals surface area (Å²) < 4.78 is 0. The number of hydrogen-bond donors (Lipinski definition) is 12. The van der Waals surface area contributed by atoms with Gasteiger partial charge in [0.15, 0.2) is 0 Å². The van der Waals surface area contributed by atoms with E-state index in [0.29, 0.717) is 41.8 Å². The Hall–Kier alpha value is -6.96. The fraction of sp³-hybridized carbons (Fsp3) is 0.326. The number of rotatable bonds is 24. The number of aromatic nitrogens is 4. The molecule has 6 rings (SSSR count). The maximum atomic E-state index is 14.6. The Labute approximate surface area is 380 Å². The summed E-state index contributed by atoms with van der Waals surface area (Å²) in [4.78, 5) is 95.6. The number of fused-ring (bicyclic) bond motifs is 2. The predicted octanol–water partition coefficient (Wildman–Crippen LogP) is 1.54. The highest BCUT2D eigenvalue weighted by Crippen LogP contribution is 2.21. The Morgan fingerprint density at radius 2 is 1.11 bits per heavy atom. The fourth-order valence-electron chi connectivity index (χ4n) is 7.56. The fourth-order valence-corrected chi connectivity index (χ4v) is 7.82. The number of carboxylic acids is 1. The van der Waals surface area contributed by atoms with Crippen LogP contribution in [0.1, 0.15) is 41.6 Å². The molecule has 0 aliphatic heterocycles. The van der Waals surface area contributed by atoms with Crippen LogP contribution in [0.25, 0.3) is 21.8 Å². The molecule has 0 saturated carbocycles. The van der Waals surface area contributed by atoms with Crippen LogP contribution in [0.4, 0.5) is 0 Å². The number of imidazole rings is 1. The molecule has 19 heteroatoms. The number of amides is 5. The van der Waals surface area contributed by atoms with Gasteiger partial charge in [-0.3, -0.25) is 24.0 Å². The van der Waals surface area contributed by atoms with E-state index in [9.17, 15) is 33.9 Å². The minimum absolute atomic E-state index is 0.00877. The molecule has 3 heterocycles. The van der Waals surface area contributed by atoms with Crippen molar-refractivity contribution in [1.82, 2.24) is 46.5 Å². The normalized spacial score (nSPS) is 14.1. The van der Waals surface area contributed by atoms with Crippen LogP contribution in [-0.4, -0.2) is 109 Å². The molecular weight excluding hydrogens is 851 g/mol. The lowest BCUT2D eigenvalue weighted by Crippen LogP contribution is -2.60. The van der Waals surface area contributed by atoms with Gasteiger partial charge < -0.3 is 58.1 Å². The summed E-state index contributed by atoms with van der Waals surface area (Å²) in [5.74, 6) is -4.88. The average molecular weight is 906 g/mol. The largest absolute Gasteiger partial charge is 0.480 e. The zero-order valence-corrected chi connectivity index (χ0v) is 36.5. The number of unbranched alkanes of at least 4 members (excludes halogenated alkanes) is 1. The Morgan fingerprint density at radius 1 is 0.600 bits per heavy atom. The Balaban J connectivity index is 1.23. The van der Waals surface area contributed by atoms with Gasteiger partial charge in [-0.1, -0.05) is 66.7 Å². The highest BCUT2D eigenvalue weighted by Gasteiger charge is 2.33. The molecule has 0 radical (unpaired) electrons. The van der Waals surface area contributed by atoms with Crippen LogP contribution in [-0.2, 0) is 54.5 Å². The van der Waals surface area contributed by atoms with Crippen molar-refractivity contribution in [2.75, 3.05) is 12.3 Å². The monoisotopic (exact) mass is 905 g/mol. The summed E-state index contributed by atoms with van der Waals surface area (Å²) in [5.41, 5.74) is 16.1. The van der Waals surface area contributed by atoms with Crippen LogP contribution in [0.3, 0.4) is 0 Å². The minimum atomic E-state index is -1.36. The second-order valence-electron chi connectivity index (χ2n) is 15.8. The van der Waals surface area contributed by atoms with Crippen LogP contribution in [0.5, 0.6) is 0 Å². The van der Waals surface area contributed by atoms with E-state index >= 15 is 0 Å².